The molecule has 0 bridgehead atoms. The molecular weight excluding hydrogens is 518 g/mol. The maximum absolute atomic E-state index is 14.4. The number of rotatable bonds is 4. The molecule has 2 aliphatic rings. The SMILES string of the molecule is Cc1c(F)cccc1Cc1c(C(=O)N2CCNCC2)c2ccccc2n1C1CCOCC1.O=C(O)C(F)(F)F. The summed E-state index contributed by atoms with van der Waals surface area (Å²) in [5, 5.41) is 11.4. The van der Waals surface area contributed by atoms with Crippen LogP contribution in [0, 0.1) is 12.7 Å². The van der Waals surface area contributed by atoms with Crippen molar-refractivity contribution >= 4 is 22.8 Å². The number of halogens is 4. The van der Waals surface area contributed by atoms with E-state index in [0.717, 1.165) is 66.9 Å². The van der Waals surface area contributed by atoms with E-state index >= 15 is 0 Å². The number of para-hydroxylation sites is 1. The minimum atomic E-state index is -5.08. The Bertz CT molecular complexity index is 1330. The largest absolute Gasteiger partial charge is 0.490 e. The van der Waals surface area contributed by atoms with Crippen LogP contribution in [0.5, 0.6) is 0 Å². The average molecular weight is 550 g/mol. The molecule has 1 amide bonds. The standard InChI is InChI=1S/C26H30FN3O2.C2HF3O2/c1-18-19(5-4-7-22(18)27)17-24-25(26(31)29-13-11-28-12-14-29)21-6-2-3-8-23(21)30(24)20-9-15-32-16-10-20;3-2(4,5)1(6)7/h2-8,20,28H,9-17H2,1H3;(H,6,7). The first-order valence-corrected chi connectivity index (χ1v) is 12.8. The molecule has 1 aromatic heterocycles. The van der Waals surface area contributed by atoms with Crippen molar-refractivity contribution in [3.05, 3.63) is 70.7 Å². The summed E-state index contributed by atoms with van der Waals surface area (Å²) < 4.78 is 54.1. The van der Waals surface area contributed by atoms with Crippen LogP contribution in [0.3, 0.4) is 0 Å². The Morgan fingerprint density at radius 3 is 2.33 bits per heavy atom. The third kappa shape index (κ3) is 6.42. The number of nitrogens with one attached hydrogen (secondary N) is 1. The number of nitrogens with zero attached hydrogens (tertiary/aromatic N) is 2. The number of carboxylic acids is 1. The quantitative estimate of drug-likeness (QED) is 0.461. The lowest BCUT2D eigenvalue weighted by Crippen LogP contribution is -2.46. The molecule has 3 aromatic rings. The van der Waals surface area contributed by atoms with Gasteiger partial charge in [0.1, 0.15) is 5.82 Å². The summed E-state index contributed by atoms with van der Waals surface area (Å²) in [6, 6.07) is 13.7. The van der Waals surface area contributed by atoms with Gasteiger partial charge in [0.15, 0.2) is 0 Å². The van der Waals surface area contributed by atoms with E-state index in [1.165, 1.54) is 6.07 Å². The fraction of sp³-hybridized carbons (Fsp3) is 0.429. The lowest BCUT2D eigenvalue weighted by molar-refractivity contribution is -0.192. The first kappa shape index (κ1) is 28.6. The molecular formula is C28H31F4N3O4. The molecule has 0 saturated carbocycles. The molecule has 2 aromatic carbocycles. The van der Waals surface area contributed by atoms with Gasteiger partial charge in [-0.15, -0.1) is 0 Å². The summed E-state index contributed by atoms with van der Waals surface area (Å²) in [5.41, 5.74) is 4.43. The third-order valence-electron chi connectivity index (χ3n) is 7.17. The van der Waals surface area contributed by atoms with Crippen LogP contribution < -0.4 is 5.32 Å². The number of amides is 1. The van der Waals surface area contributed by atoms with Gasteiger partial charge >= 0.3 is 12.1 Å². The van der Waals surface area contributed by atoms with Crippen molar-refractivity contribution in [1.29, 1.82) is 0 Å². The van der Waals surface area contributed by atoms with Crippen LogP contribution in [0.1, 0.15) is 46.1 Å². The van der Waals surface area contributed by atoms with Crippen LogP contribution in [-0.2, 0) is 16.0 Å². The number of hydrogen-bond acceptors (Lipinski definition) is 4. The first-order chi connectivity index (χ1) is 18.6. The monoisotopic (exact) mass is 549 g/mol. The molecule has 2 fully saturated rings. The van der Waals surface area contributed by atoms with Crippen molar-refractivity contribution in [3.8, 4) is 0 Å². The van der Waals surface area contributed by atoms with Crippen molar-refractivity contribution in [2.45, 2.75) is 38.4 Å². The summed E-state index contributed by atoms with van der Waals surface area (Å²) >= 11 is 0. The topological polar surface area (TPSA) is 83.8 Å². The Morgan fingerprint density at radius 2 is 1.69 bits per heavy atom. The Morgan fingerprint density at radius 1 is 1.05 bits per heavy atom. The minimum absolute atomic E-state index is 0.0811. The van der Waals surface area contributed by atoms with Crippen LogP contribution in [0.15, 0.2) is 42.5 Å². The predicted molar refractivity (Wildman–Crippen MR) is 137 cm³/mol. The van der Waals surface area contributed by atoms with Gasteiger partial charge in [0.25, 0.3) is 5.91 Å². The van der Waals surface area contributed by atoms with E-state index in [2.05, 4.69) is 22.0 Å². The van der Waals surface area contributed by atoms with E-state index < -0.39 is 12.1 Å². The number of hydrogen-bond donors (Lipinski definition) is 2. The second kappa shape index (κ2) is 12.2. The molecule has 2 N–H and O–H groups in total. The molecule has 2 saturated heterocycles. The highest BCUT2D eigenvalue weighted by atomic mass is 19.4. The molecule has 3 heterocycles. The second-order valence-corrected chi connectivity index (χ2v) is 9.60. The van der Waals surface area contributed by atoms with Gasteiger partial charge in [0.05, 0.1) is 5.56 Å². The van der Waals surface area contributed by atoms with Gasteiger partial charge in [-0.05, 0) is 43.0 Å². The highest BCUT2D eigenvalue weighted by Crippen LogP contribution is 2.36. The van der Waals surface area contributed by atoms with E-state index in [4.69, 9.17) is 14.6 Å². The van der Waals surface area contributed by atoms with Crippen LogP contribution in [-0.4, -0.2) is 72.0 Å². The summed E-state index contributed by atoms with van der Waals surface area (Å²) in [6.45, 7) is 6.28. The molecule has 7 nitrogen and oxygen atoms in total. The molecule has 39 heavy (non-hydrogen) atoms. The first-order valence-electron chi connectivity index (χ1n) is 12.8. The smallest absolute Gasteiger partial charge is 0.475 e. The molecule has 210 valence electrons. The van der Waals surface area contributed by atoms with Gasteiger partial charge in [-0.1, -0.05) is 30.3 Å². The van der Waals surface area contributed by atoms with Gasteiger partial charge in [0.2, 0.25) is 0 Å². The van der Waals surface area contributed by atoms with Crippen molar-refractivity contribution < 1.29 is 37.0 Å². The number of benzene rings is 2. The minimum Gasteiger partial charge on any atom is -0.475 e. The molecule has 0 radical (unpaired) electrons. The number of carbonyl (C=O) groups is 2. The van der Waals surface area contributed by atoms with E-state index in [0.29, 0.717) is 25.1 Å². The third-order valence-corrected chi connectivity index (χ3v) is 7.17. The summed E-state index contributed by atoms with van der Waals surface area (Å²) in [4.78, 5) is 24.7. The van der Waals surface area contributed by atoms with Crippen molar-refractivity contribution in [2.75, 3.05) is 39.4 Å². The number of alkyl halides is 3. The molecule has 0 atom stereocenters. The molecule has 0 unspecified atom stereocenters. The van der Waals surface area contributed by atoms with E-state index in [1.54, 1.807) is 6.07 Å². The zero-order valence-electron chi connectivity index (χ0n) is 21.6. The maximum atomic E-state index is 14.4. The molecule has 5 rings (SSSR count). The van der Waals surface area contributed by atoms with Gasteiger partial charge in [-0.25, -0.2) is 9.18 Å². The summed E-state index contributed by atoms with van der Waals surface area (Å²) in [7, 11) is 0. The molecule has 0 aliphatic carbocycles. The highest BCUT2D eigenvalue weighted by Gasteiger charge is 2.38. The number of ether oxygens (including phenoxy) is 1. The van der Waals surface area contributed by atoms with Crippen molar-refractivity contribution in [2.24, 2.45) is 0 Å². The number of carbonyl (C=O) groups excluding carboxylic acids is 1. The lowest BCUT2D eigenvalue weighted by Gasteiger charge is -2.29. The zero-order valence-corrected chi connectivity index (χ0v) is 21.6. The predicted octanol–water partition coefficient (Wildman–Crippen LogP) is 4.71. The van der Waals surface area contributed by atoms with Crippen LogP contribution in [0.2, 0.25) is 0 Å². The Kier molecular flexibility index (Phi) is 8.91. The highest BCUT2D eigenvalue weighted by molar-refractivity contribution is 6.08. The Hall–Kier alpha value is -3.44. The van der Waals surface area contributed by atoms with Gasteiger partial charge < -0.3 is 24.6 Å². The molecule has 2 aliphatic heterocycles. The van der Waals surface area contributed by atoms with E-state index in [-0.39, 0.29) is 17.8 Å². The molecule has 0 spiro atoms. The van der Waals surface area contributed by atoms with Gasteiger partial charge in [-0.2, -0.15) is 13.2 Å². The van der Waals surface area contributed by atoms with Crippen LogP contribution in [0.25, 0.3) is 10.9 Å². The number of aromatic nitrogens is 1. The summed E-state index contributed by atoms with van der Waals surface area (Å²) in [6.07, 6.45) is -2.73. The van der Waals surface area contributed by atoms with Gasteiger partial charge in [0, 0.05) is 68.5 Å². The normalized spacial score (nSPS) is 16.6. The average Bonchev–Trinajstić information content (AvgIpc) is 3.25. The fourth-order valence-electron chi connectivity index (χ4n) is 5.14. The lowest BCUT2D eigenvalue weighted by atomic mass is 9.99. The number of carboxylic acid groups (broad SMARTS) is 1. The number of piperazine rings is 1. The number of aliphatic carboxylic acids is 1. The van der Waals surface area contributed by atoms with E-state index in [1.807, 2.05) is 30.0 Å². The Balaban J connectivity index is 0.000000448. The Labute approximate surface area is 223 Å². The summed E-state index contributed by atoms with van der Waals surface area (Å²) in [5.74, 6) is -2.88. The maximum Gasteiger partial charge on any atom is 0.490 e. The van der Waals surface area contributed by atoms with E-state index in [9.17, 15) is 22.4 Å². The van der Waals surface area contributed by atoms with Crippen LogP contribution in [0.4, 0.5) is 17.6 Å². The second-order valence-electron chi connectivity index (χ2n) is 9.60. The fourth-order valence-corrected chi connectivity index (χ4v) is 5.14. The van der Waals surface area contributed by atoms with Crippen molar-refractivity contribution in [1.82, 2.24) is 14.8 Å². The number of fused-ring (bicyclic) bond motifs is 1. The molecule has 11 heteroatoms. The van der Waals surface area contributed by atoms with Gasteiger partial charge in [-0.3, -0.25) is 4.79 Å². The zero-order chi connectivity index (χ0) is 28.2. The van der Waals surface area contributed by atoms with Crippen molar-refractivity contribution in [3.63, 3.8) is 0 Å². The van der Waals surface area contributed by atoms with Crippen LogP contribution >= 0.6 is 0 Å².